The predicted octanol–water partition coefficient (Wildman–Crippen LogP) is 6.46. The van der Waals surface area contributed by atoms with E-state index in [4.69, 9.17) is 0 Å². The zero-order chi connectivity index (χ0) is 24.1. The van der Waals surface area contributed by atoms with E-state index in [1.165, 1.54) is 12.1 Å². The molecule has 0 bridgehead atoms. The second kappa shape index (κ2) is 10.9. The lowest BCUT2D eigenvalue weighted by Gasteiger charge is -2.35. The Bertz CT molecular complexity index is 1170. The molecule has 0 saturated carbocycles. The number of aryl methyl sites for hydroxylation is 1. The van der Waals surface area contributed by atoms with Crippen LogP contribution in [0.2, 0.25) is 0 Å². The summed E-state index contributed by atoms with van der Waals surface area (Å²) in [6.07, 6.45) is 4.22. The lowest BCUT2D eigenvalue weighted by molar-refractivity contribution is 0.0899. The molecule has 3 aromatic rings. The molecule has 1 amide bonds. The number of ketones is 1. The summed E-state index contributed by atoms with van der Waals surface area (Å²) in [5.41, 5.74) is 4.05. The maximum absolute atomic E-state index is 13.3. The first kappa shape index (κ1) is 24.0. The number of rotatable bonds is 7. The summed E-state index contributed by atoms with van der Waals surface area (Å²) < 4.78 is 13.2. The van der Waals surface area contributed by atoms with Gasteiger partial charge in [-0.25, -0.2) is 4.39 Å². The molecule has 6 heteroatoms. The van der Waals surface area contributed by atoms with E-state index >= 15 is 0 Å². The largest absolute Gasteiger partial charge is 0.371 e. The van der Waals surface area contributed by atoms with E-state index in [9.17, 15) is 14.0 Å². The Morgan fingerprint density at radius 2 is 1.74 bits per heavy atom. The van der Waals surface area contributed by atoms with Crippen molar-refractivity contribution < 1.29 is 14.0 Å². The number of para-hydroxylation sites is 1. The summed E-state index contributed by atoms with van der Waals surface area (Å²) in [4.78, 5) is 29.5. The fraction of sp³-hybridized carbons (Fsp3) is 0.286. The van der Waals surface area contributed by atoms with Gasteiger partial charge in [0.15, 0.2) is 5.78 Å². The first-order valence-corrected chi connectivity index (χ1v) is 12.8. The topological polar surface area (TPSA) is 49.4 Å². The Morgan fingerprint density at radius 3 is 2.41 bits per heavy atom. The van der Waals surface area contributed by atoms with Crippen molar-refractivity contribution in [2.45, 2.75) is 31.1 Å². The number of piperidine rings is 1. The molecule has 34 heavy (non-hydrogen) atoms. The van der Waals surface area contributed by atoms with Crippen molar-refractivity contribution in [1.29, 1.82) is 0 Å². The van der Waals surface area contributed by atoms with Gasteiger partial charge in [0.05, 0.1) is 11.3 Å². The third-order valence-corrected chi connectivity index (χ3v) is 7.11. The highest BCUT2D eigenvalue weighted by atomic mass is 32.2. The molecule has 176 valence electrons. The average Bonchev–Trinajstić information content (AvgIpc) is 2.88. The zero-order valence-electron chi connectivity index (χ0n) is 19.5. The van der Waals surface area contributed by atoms with Gasteiger partial charge in [-0.3, -0.25) is 9.59 Å². The van der Waals surface area contributed by atoms with Crippen LogP contribution in [0.5, 0.6) is 0 Å². The number of hydrogen-bond donors (Lipinski definition) is 1. The van der Waals surface area contributed by atoms with Crippen LogP contribution in [0.4, 0.5) is 15.8 Å². The van der Waals surface area contributed by atoms with Crippen LogP contribution < -0.4 is 10.2 Å². The third-order valence-electron chi connectivity index (χ3n) is 6.38. The van der Waals surface area contributed by atoms with Gasteiger partial charge < -0.3 is 10.2 Å². The molecule has 1 fully saturated rings. The highest BCUT2D eigenvalue weighted by Gasteiger charge is 2.28. The monoisotopic (exact) mass is 476 g/mol. The maximum Gasteiger partial charge on any atom is 0.257 e. The standard InChI is InChI=1S/C28H29FN2O2S/c1-3-19-6-4-9-25(28(33)30-23-7-5-8-24(18-23)34-2)26(19)31-16-14-21(15-17-31)27(32)20-10-12-22(29)13-11-20/h4-13,18,21H,3,14-17H2,1-2H3,(H,30,33). The molecule has 0 spiro atoms. The van der Waals surface area contributed by atoms with Crippen molar-refractivity contribution in [2.24, 2.45) is 5.92 Å². The van der Waals surface area contributed by atoms with Crippen LogP contribution in [0, 0.1) is 11.7 Å². The molecule has 1 aliphatic rings. The van der Waals surface area contributed by atoms with Crippen molar-refractivity contribution in [1.82, 2.24) is 0 Å². The number of amides is 1. The zero-order valence-corrected chi connectivity index (χ0v) is 20.3. The fourth-order valence-electron chi connectivity index (χ4n) is 4.55. The van der Waals surface area contributed by atoms with Crippen molar-refractivity contribution in [2.75, 3.05) is 29.6 Å². The minimum atomic E-state index is -0.339. The molecular formula is C28H29FN2O2S. The first-order chi connectivity index (χ1) is 16.5. The van der Waals surface area contributed by atoms with Gasteiger partial charge in [0, 0.05) is 35.2 Å². The number of Topliss-reactive ketones (excluding diaryl/α,β-unsaturated/α-hetero) is 1. The fourth-order valence-corrected chi connectivity index (χ4v) is 5.01. The summed E-state index contributed by atoms with van der Waals surface area (Å²) in [6, 6.07) is 19.5. The number of halogens is 1. The molecule has 0 aromatic heterocycles. The minimum Gasteiger partial charge on any atom is -0.371 e. The van der Waals surface area contributed by atoms with Gasteiger partial charge in [0.25, 0.3) is 5.91 Å². The van der Waals surface area contributed by atoms with Crippen molar-refractivity contribution >= 4 is 34.8 Å². The number of carbonyl (C=O) groups is 2. The van der Waals surface area contributed by atoms with Crippen LogP contribution in [0.25, 0.3) is 0 Å². The lowest BCUT2D eigenvalue weighted by Crippen LogP contribution is -2.38. The van der Waals surface area contributed by atoms with E-state index < -0.39 is 0 Å². The molecule has 4 nitrogen and oxygen atoms in total. The SMILES string of the molecule is CCc1cccc(C(=O)Nc2cccc(SC)c2)c1N1CCC(C(=O)c2ccc(F)cc2)CC1. The molecule has 1 aliphatic heterocycles. The summed E-state index contributed by atoms with van der Waals surface area (Å²) in [7, 11) is 0. The number of nitrogens with one attached hydrogen (secondary N) is 1. The van der Waals surface area contributed by atoms with Gasteiger partial charge in [0.1, 0.15) is 5.82 Å². The van der Waals surface area contributed by atoms with E-state index in [1.54, 1.807) is 23.9 Å². The number of benzene rings is 3. The minimum absolute atomic E-state index is 0.0649. The van der Waals surface area contributed by atoms with Crippen molar-refractivity contribution in [3.63, 3.8) is 0 Å². The molecule has 1 N–H and O–H groups in total. The molecule has 0 unspecified atom stereocenters. The molecule has 1 saturated heterocycles. The highest BCUT2D eigenvalue weighted by Crippen LogP contribution is 2.32. The molecule has 1 heterocycles. The van der Waals surface area contributed by atoms with Gasteiger partial charge in [-0.1, -0.05) is 25.1 Å². The van der Waals surface area contributed by atoms with Crippen molar-refractivity contribution in [3.8, 4) is 0 Å². The van der Waals surface area contributed by atoms with Crippen LogP contribution in [0.3, 0.4) is 0 Å². The first-order valence-electron chi connectivity index (χ1n) is 11.6. The second-order valence-electron chi connectivity index (χ2n) is 8.49. The smallest absolute Gasteiger partial charge is 0.257 e. The number of nitrogens with zero attached hydrogens (tertiary/aromatic N) is 1. The van der Waals surface area contributed by atoms with Gasteiger partial charge >= 0.3 is 0 Å². The van der Waals surface area contributed by atoms with Crippen LogP contribution in [-0.4, -0.2) is 31.0 Å². The van der Waals surface area contributed by atoms with Crippen molar-refractivity contribution in [3.05, 3.63) is 89.2 Å². The van der Waals surface area contributed by atoms with E-state index in [2.05, 4.69) is 23.2 Å². The van der Waals surface area contributed by atoms with Gasteiger partial charge in [-0.05, 0) is 79.6 Å². The van der Waals surface area contributed by atoms with Gasteiger partial charge in [0.2, 0.25) is 0 Å². The molecule has 0 radical (unpaired) electrons. The summed E-state index contributed by atoms with van der Waals surface area (Å²) >= 11 is 1.63. The van der Waals surface area contributed by atoms with Crippen LogP contribution >= 0.6 is 11.8 Å². The predicted molar refractivity (Wildman–Crippen MR) is 138 cm³/mol. The summed E-state index contributed by atoms with van der Waals surface area (Å²) in [5.74, 6) is -0.501. The molecule has 0 aliphatic carbocycles. The number of thioether (sulfide) groups is 1. The van der Waals surface area contributed by atoms with E-state index in [0.717, 1.165) is 28.3 Å². The van der Waals surface area contributed by atoms with Gasteiger partial charge in [-0.2, -0.15) is 0 Å². The normalized spacial score (nSPS) is 14.1. The Morgan fingerprint density at radius 1 is 1.03 bits per heavy atom. The van der Waals surface area contributed by atoms with E-state index in [1.807, 2.05) is 42.7 Å². The Balaban J connectivity index is 1.52. The maximum atomic E-state index is 13.3. The average molecular weight is 477 g/mol. The lowest BCUT2D eigenvalue weighted by atomic mass is 9.88. The molecule has 0 atom stereocenters. The van der Waals surface area contributed by atoms with E-state index in [0.29, 0.717) is 37.1 Å². The van der Waals surface area contributed by atoms with Crippen LogP contribution in [-0.2, 0) is 6.42 Å². The molecule has 3 aromatic carbocycles. The Labute approximate surface area is 204 Å². The van der Waals surface area contributed by atoms with Crippen LogP contribution in [0.15, 0.2) is 71.6 Å². The van der Waals surface area contributed by atoms with E-state index in [-0.39, 0.29) is 23.4 Å². The van der Waals surface area contributed by atoms with Crippen LogP contribution in [0.1, 0.15) is 46.0 Å². The van der Waals surface area contributed by atoms with Gasteiger partial charge in [-0.15, -0.1) is 11.8 Å². The highest BCUT2D eigenvalue weighted by molar-refractivity contribution is 7.98. The molecular weight excluding hydrogens is 447 g/mol. The summed E-state index contributed by atoms with van der Waals surface area (Å²) in [6.45, 7) is 3.47. The number of anilines is 2. The second-order valence-corrected chi connectivity index (χ2v) is 9.37. The number of carbonyl (C=O) groups excluding carboxylic acids is 2. The Hall–Kier alpha value is -3.12. The molecule has 4 rings (SSSR count). The quantitative estimate of drug-likeness (QED) is 0.314. The Kier molecular flexibility index (Phi) is 7.68. The number of hydrogen-bond acceptors (Lipinski definition) is 4. The summed E-state index contributed by atoms with van der Waals surface area (Å²) in [5, 5.41) is 3.05. The third kappa shape index (κ3) is 5.33.